The molecule has 0 spiro atoms. The van der Waals surface area contributed by atoms with E-state index in [1.165, 1.54) is 22.3 Å². The molecule has 0 radical (unpaired) electrons. The van der Waals surface area contributed by atoms with Crippen LogP contribution in [0.1, 0.15) is 41.9 Å². The van der Waals surface area contributed by atoms with Crippen LogP contribution < -0.4 is 9.75 Å². The maximum absolute atomic E-state index is 5.50. The Morgan fingerprint density at radius 3 is 2.73 bits per heavy atom. The van der Waals surface area contributed by atoms with E-state index in [0.717, 1.165) is 37.1 Å². The summed E-state index contributed by atoms with van der Waals surface area (Å²) in [5.74, 6) is 2.17. The molecule has 0 saturated heterocycles. The van der Waals surface area contributed by atoms with Crippen molar-refractivity contribution in [3.05, 3.63) is 58.4 Å². The van der Waals surface area contributed by atoms with Crippen LogP contribution in [0.15, 0.2) is 46.8 Å². The van der Waals surface area contributed by atoms with Crippen molar-refractivity contribution in [2.45, 2.75) is 39.0 Å². The molecule has 0 saturated carbocycles. The van der Waals surface area contributed by atoms with Crippen molar-refractivity contribution in [1.82, 2.24) is 9.97 Å². The fourth-order valence-corrected chi connectivity index (χ4v) is 3.91. The third kappa shape index (κ3) is 3.09. The topological polar surface area (TPSA) is 50.6 Å². The summed E-state index contributed by atoms with van der Waals surface area (Å²) >= 11 is 0. The number of anilines is 1. The minimum absolute atomic E-state index is 0.525. The molecule has 1 aliphatic carbocycles. The lowest BCUT2D eigenvalue weighted by Gasteiger charge is -2.32. The molecule has 1 unspecified atom stereocenters. The standard InChI is InChI=1S/C21H24N4O/c1-14-10-22-21(23-11-14)25-13-17-8-7-16(9-18(17)12-24-25)19-5-4-6-20(26-3)15(19)2/h4-6,10-12,16H,7-9,13H2,1-3H3. The van der Waals surface area contributed by atoms with E-state index >= 15 is 0 Å². The Balaban J connectivity index is 1.53. The number of benzene rings is 1. The van der Waals surface area contributed by atoms with Crippen molar-refractivity contribution >= 4 is 12.2 Å². The number of allylic oxidation sites excluding steroid dienone is 1. The van der Waals surface area contributed by atoms with Crippen LogP contribution in [0.5, 0.6) is 5.75 Å². The summed E-state index contributed by atoms with van der Waals surface area (Å²) in [6, 6.07) is 6.37. The predicted molar refractivity (Wildman–Crippen MR) is 104 cm³/mol. The molecule has 4 rings (SSSR count). The van der Waals surface area contributed by atoms with Gasteiger partial charge in [-0.05, 0) is 72.9 Å². The molecular formula is C21H24N4O. The van der Waals surface area contributed by atoms with Crippen LogP contribution in [0.3, 0.4) is 0 Å². The molecule has 26 heavy (non-hydrogen) atoms. The number of aryl methyl sites for hydroxylation is 1. The largest absolute Gasteiger partial charge is 0.496 e. The number of rotatable bonds is 3. The van der Waals surface area contributed by atoms with E-state index in [4.69, 9.17) is 4.74 Å². The molecule has 1 aliphatic heterocycles. The Bertz CT molecular complexity index is 870. The van der Waals surface area contributed by atoms with Crippen LogP contribution in [0.4, 0.5) is 5.95 Å². The third-order valence-electron chi connectivity index (χ3n) is 5.39. The quantitative estimate of drug-likeness (QED) is 0.835. The van der Waals surface area contributed by atoms with Crippen molar-refractivity contribution in [1.29, 1.82) is 0 Å². The summed E-state index contributed by atoms with van der Waals surface area (Å²) < 4.78 is 5.50. The summed E-state index contributed by atoms with van der Waals surface area (Å²) in [6.07, 6.45) is 8.96. The summed E-state index contributed by atoms with van der Waals surface area (Å²) in [5, 5.41) is 6.50. The smallest absolute Gasteiger partial charge is 0.246 e. The molecule has 0 N–H and O–H groups in total. The van der Waals surface area contributed by atoms with Gasteiger partial charge in [0.15, 0.2) is 0 Å². The highest BCUT2D eigenvalue weighted by molar-refractivity contribution is 5.82. The number of ether oxygens (including phenoxy) is 1. The van der Waals surface area contributed by atoms with Crippen molar-refractivity contribution in [3.8, 4) is 5.75 Å². The number of methoxy groups -OCH3 is 1. The fraction of sp³-hybridized carbons (Fsp3) is 0.381. The second kappa shape index (κ2) is 6.90. The molecule has 5 nitrogen and oxygen atoms in total. The number of hydrazone groups is 1. The van der Waals surface area contributed by atoms with Crippen LogP contribution in [0.2, 0.25) is 0 Å². The average molecular weight is 348 g/mol. The van der Waals surface area contributed by atoms with E-state index in [9.17, 15) is 0 Å². The van der Waals surface area contributed by atoms with Crippen LogP contribution in [0.25, 0.3) is 0 Å². The molecular weight excluding hydrogens is 324 g/mol. The summed E-state index contributed by atoms with van der Waals surface area (Å²) in [6.45, 7) is 4.94. The van der Waals surface area contributed by atoms with Crippen molar-refractivity contribution in [3.63, 3.8) is 0 Å². The first kappa shape index (κ1) is 16.8. The van der Waals surface area contributed by atoms with Gasteiger partial charge in [-0.15, -0.1) is 0 Å². The van der Waals surface area contributed by atoms with Gasteiger partial charge in [-0.25, -0.2) is 15.0 Å². The first-order valence-corrected chi connectivity index (χ1v) is 9.10. The van der Waals surface area contributed by atoms with Crippen LogP contribution in [-0.2, 0) is 0 Å². The van der Waals surface area contributed by atoms with E-state index in [2.05, 4.69) is 34.1 Å². The second-order valence-corrected chi connectivity index (χ2v) is 7.11. The highest BCUT2D eigenvalue weighted by Gasteiger charge is 2.27. The molecule has 2 heterocycles. The van der Waals surface area contributed by atoms with Gasteiger partial charge < -0.3 is 4.74 Å². The number of hydrogen-bond donors (Lipinski definition) is 0. The van der Waals surface area contributed by atoms with Crippen molar-refractivity contribution < 1.29 is 4.74 Å². The maximum Gasteiger partial charge on any atom is 0.246 e. The minimum Gasteiger partial charge on any atom is -0.496 e. The molecule has 2 aromatic rings. The molecule has 0 bridgehead atoms. The third-order valence-corrected chi connectivity index (χ3v) is 5.39. The molecule has 1 atom stereocenters. The Kier molecular flexibility index (Phi) is 4.45. The highest BCUT2D eigenvalue weighted by Crippen LogP contribution is 2.40. The minimum atomic E-state index is 0.525. The van der Waals surface area contributed by atoms with Gasteiger partial charge in [-0.3, -0.25) is 0 Å². The van der Waals surface area contributed by atoms with Gasteiger partial charge in [0.2, 0.25) is 5.95 Å². The van der Waals surface area contributed by atoms with Gasteiger partial charge in [0.05, 0.1) is 19.9 Å². The normalized spacial score (nSPS) is 19.5. The van der Waals surface area contributed by atoms with Crippen molar-refractivity contribution in [2.75, 3.05) is 18.7 Å². The molecule has 5 heteroatoms. The lowest BCUT2D eigenvalue weighted by Crippen LogP contribution is -2.28. The van der Waals surface area contributed by atoms with Crippen LogP contribution in [-0.4, -0.2) is 29.8 Å². The summed E-state index contributed by atoms with van der Waals surface area (Å²) in [4.78, 5) is 8.79. The number of hydrogen-bond acceptors (Lipinski definition) is 5. The average Bonchev–Trinajstić information content (AvgIpc) is 2.68. The molecule has 0 amide bonds. The lowest BCUT2D eigenvalue weighted by atomic mass is 9.78. The van der Waals surface area contributed by atoms with Gasteiger partial charge in [0, 0.05) is 12.4 Å². The van der Waals surface area contributed by atoms with E-state index < -0.39 is 0 Å². The monoisotopic (exact) mass is 348 g/mol. The first-order valence-electron chi connectivity index (χ1n) is 9.10. The highest BCUT2D eigenvalue weighted by atomic mass is 16.5. The van der Waals surface area contributed by atoms with Gasteiger partial charge in [0.25, 0.3) is 0 Å². The SMILES string of the molecule is COc1cccc(C2CCC3=C(C=NN(c4ncc(C)cn4)C3)C2)c1C. The van der Waals surface area contributed by atoms with Gasteiger partial charge >= 0.3 is 0 Å². The van der Waals surface area contributed by atoms with Crippen molar-refractivity contribution in [2.24, 2.45) is 5.10 Å². The van der Waals surface area contributed by atoms with Gasteiger partial charge in [0.1, 0.15) is 5.75 Å². The van der Waals surface area contributed by atoms with E-state index in [1.807, 2.05) is 36.6 Å². The van der Waals surface area contributed by atoms with E-state index in [0.29, 0.717) is 11.9 Å². The fourth-order valence-electron chi connectivity index (χ4n) is 3.91. The molecule has 1 aromatic heterocycles. The van der Waals surface area contributed by atoms with E-state index in [1.54, 1.807) is 7.11 Å². The second-order valence-electron chi connectivity index (χ2n) is 7.11. The predicted octanol–water partition coefficient (Wildman–Crippen LogP) is 4.17. The van der Waals surface area contributed by atoms with Crippen LogP contribution >= 0.6 is 0 Å². The molecule has 1 aromatic carbocycles. The summed E-state index contributed by atoms with van der Waals surface area (Å²) in [5.41, 5.74) is 6.54. The molecule has 0 fully saturated rings. The Labute approximate surface area is 154 Å². The number of nitrogens with zero attached hydrogens (tertiary/aromatic N) is 4. The zero-order chi connectivity index (χ0) is 18.1. The Morgan fingerprint density at radius 2 is 1.96 bits per heavy atom. The first-order chi connectivity index (χ1) is 12.7. The zero-order valence-corrected chi connectivity index (χ0v) is 15.6. The zero-order valence-electron chi connectivity index (χ0n) is 15.6. The number of aromatic nitrogens is 2. The van der Waals surface area contributed by atoms with E-state index in [-0.39, 0.29) is 0 Å². The Hall–Kier alpha value is -2.69. The van der Waals surface area contributed by atoms with Gasteiger partial charge in [-0.2, -0.15) is 5.10 Å². The molecule has 134 valence electrons. The molecule has 2 aliphatic rings. The van der Waals surface area contributed by atoms with Gasteiger partial charge in [-0.1, -0.05) is 12.1 Å². The maximum atomic E-state index is 5.50. The Morgan fingerprint density at radius 1 is 1.15 bits per heavy atom. The lowest BCUT2D eigenvalue weighted by molar-refractivity contribution is 0.410. The van der Waals surface area contributed by atoms with Crippen LogP contribution in [0, 0.1) is 13.8 Å². The summed E-state index contributed by atoms with van der Waals surface area (Å²) in [7, 11) is 1.74.